The minimum atomic E-state index is -1.57. The lowest BCUT2D eigenvalue weighted by Gasteiger charge is -2.32. The first-order valence-electron chi connectivity index (χ1n) is 40.7. The molecule has 33 heteroatoms. The van der Waals surface area contributed by atoms with E-state index in [-0.39, 0.29) is 107 Å². The van der Waals surface area contributed by atoms with Crippen LogP contribution in [0.3, 0.4) is 0 Å². The van der Waals surface area contributed by atoms with E-state index in [0.29, 0.717) is 44.1 Å². The summed E-state index contributed by atoms with van der Waals surface area (Å²) < 4.78 is 0. The first-order valence-corrected chi connectivity index (χ1v) is 40.7. The SMILES string of the molecule is CC[C@@H](C)[C@@H](O)C(=O)NC(C(=O)N[C@@H](CC(C)C)C(=O)N[C@H](CCCN)C(=O)N[C@H](C(=O)N[C@H](C(=O)N[C@H](C(=O)N[C@H](CCCCN)C(=O)N[C@H](C(=O)NC(CC(C)C)C(=O)N[C@@H](CCCCN)C(=O)N[C@H](Cc1ccc(O)cc1)C(=O)NC(CC(C)C)C(=O)NC(CO)C(C)C)C(C)C)C(C)C)C(C)C)[C@@H](C)CC)C(C)O. The summed E-state index contributed by atoms with van der Waals surface area (Å²) >= 11 is 0. The number of aromatic hydroxyl groups is 1. The number of nitrogens with two attached hydrogens (primary N) is 3. The molecule has 1 rings (SSSR count). The predicted octanol–water partition coefficient (Wildman–Crippen LogP) is 0.823. The van der Waals surface area contributed by atoms with Crippen molar-refractivity contribution in [3.8, 4) is 5.75 Å². The predicted molar refractivity (Wildman–Crippen MR) is 432 cm³/mol. The summed E-state index contributed by atoms with van der Waals surface area (Å²) in [7, 11) is 0. The van der Waals surface area contributed by atoms with E-state index in [0.717, 1.165) is 0 Å². The van der Waals surface area contributed by atoms with Crippen molar-refractivity contribution in [2.75, 3.05) is 26.2 Å². The van der Waals surface area contributed by atoms with E-state index in [2.05, 4.69) is 69.1 Å². The number of phenols is 1. The van der Waals surface area contributed by atoms with Crippen LogP contribution in [0.4, 0.5) is 0 Å². The van der Waals surface area contributed by atoms with Crippen LogP contribution in [0.25, 0.3) is 0 Å². The zero-order valence-corrected chi connectivity index (χ0v) is 70.7. The van der Waals surface area contributed by atoms with Crippen LogP contribution in [0, 0.1) is 53.3 Å². The quantitative estimate of drug-likeness (QED) is 0.0402. The van der Waals surface area contributed by atoms with Crippen molar-refractivity contribution in [1.82, 2.24) is 69.1 Å². The summed E-state index contributed by atoms with van der Waals surface area (Å²) in [6.07, 6.45) is -0.108. The van der Waals surface area contributed by atoms with Gasteiger partial charge in [0.1, 0.15) is 84.4 Å². The van der Waals surface area contributed by atoms with E-state index in [1.807, 2.05) is 41.5 Å². The molecule has 0 radical (unpaired) electrons. The third-order valence-electron chi connectivity index (χ3n) is 19.9. The Kier molecular flexibility index (Phi) is 48.4. The van der Waals surface area contributed by atoms with Gasteiger partial charge in [0.15, 0.2) is 0 Å². The summed E-state index contributed by atoms with van der Waals surface area (Å²) in [5.41, 5.74) is 18.2. The zero-order chi connectivity index (χ0) is 86.3. The van der Waals surface area contributed by atoms with Crippen molar-refractivity contribution < 1.29 is 82.8 Å². The van der Waals surface area contributed by atoms with E-state index in [1.165, 1.54) is 19.1 Å². The second-order valence-corrected chi connectivity index (χ2v) is 32.8. The van der Waals surface area contributed by atoms with Gasteiger partial charge in [-0.3, -0.25) is 62.3 Å². The lowest BCUT2D eigenvalue weighted by atomic mass is 9.95. The highest BCUT2D eigenvalue weighted by Crippen LogP contribution is 2.19. The molecule has 5 unspecified atom stereocenters. The van der Waals surface area contributed by atoms with Gasteiger partial charge in [0.2, 0.25) is 76.8 Å². The molecule has 0 aliphatic carbocycles. The van der Waals surface area contributed by atoms with Crippen molar-refractivity contribution in [3.63, 3.8) is 0 Å². The topological polar surface area (TPSA) is 537 Å². The van der Waals surface area contributed by atoms with E-state index in [9.17, 15) is 82.8 Å². The summed E-state index contributed by atoms with van der Waals surface area (Å²) in [5, 5.41) is 76.8. The smallest absolute Gasteiger partial charge is 0.249 e. The molecular weight excluding hydrogens is 1460 g/mol. The van der Waals surface area contributed by atoms with E-state index in [4.69, 9.17) is 17.2 Å². The first kappa shape index (κ1) is 103. The van der Waals surface area contributed by atoms with Gasteiger partial charge in [-0.15, -0.1) is 0 Å². The van der Waals surface area contributed by atoms with Crippen molar-refractivity contribution >= 4 is 76.8 Å². The van der Waals surface area contributed by atoms with E-state index in [1.54, 1.807) is 95.2 Å². The van der Waals surface area contributed by atoms with Crippen molar-refractivity contribution in [1.29, 1.82) is 0 Å². The number of nitrogens with one attached hydrogen (secondary N) is 13. The molecule has 0 aromatic heterocycles. The number of hydrogen-bond acceptors (Lipinski definition) is 20. The Labute approximate surface area is 670 Å². The maximum absolute atomic E-state index is 14.7. The number of carbonyl (C=O) groups is 13. The van der Waals surface area contributed by atoms with Crippen LogP contribution in [0.2, 0.25) is 0 Å². The van der Waals surface area contributed by atoms with Gasteiger partial charge in [-0.1, -0.05) is 150 Å². The van der Waals surface area contributed by atoms with Gasteiger partial charge < -0.3 is 107 Å². The largest absolute Gasteiger partial charge is 0.508 e. The molecule has 0 fully saturated rings. The highest BCUT2D eigenvalue weighted by atomic mass is 16.3. The fourth-order valence-electron chi connectivity index (χ4n) is 12.3. The fourth-order valence-corrected chi connectivity index (χ4v) is 12.3. The molecule has 1 aromatic rings. The second kappa shape index (κ2) is 53.1. The number of benzene rings is 1. The number of aliphatic hydroxyl groups excluding tert-OH is 3. The average molecular weight is 1600 g/mol. The Morgan fingerprint density at radius 3 is 0.982 bits per heavy atom. The maximum Gasteiger partial charge on any atom is 0.249 e. The highest BCUT2D eigenvalue weighted by Gasteiger charge is 2.41. The third-order valence-corrected chi connectivity index (χ3v) is 19.9. The lowest BCUT2D eigenvalue weighted by molar-refractivity contribution is -0.139. The van der Waals surface area contributed by atoms with Crippen LogP contribution in [-0.4, -0.2) is 214 Å². The standard InChI is InChI=1S/C80H144N16O17/c1-20-49(17)65(95-70(103)56(29-26-36-83)85-72(105)59(39-44(7)8)90-79(112)66(51(19)98)96-80(113)67(100)50(18)21-2)78(111)94-64(48(15)16)77(110)93-63(47(13)14)75(108)86-55(28-23-25-35-82)69(102)92-62(46(11)12)76(109)89-58(38-43(5)6)71(104)84-54(27-22-24-34-81)68(101)88-60(40-52-30-32-53(99)33-31-52)74(107)87-57(37-42(3)4)73(106)91-61(41-97)45(9)10/h30-33,42-51,54-67,97-100H,20-29,34-41,81-83H2,1-19H3,(H,84,104)(H,85,105)(H,86,108)(H,87,107)(H,88,101)(H,89,109)(H,90,112)(H,91,106)(H,92,102)(H,93,110)(H,94,111)(H,95,103)(H,96,113)/t49-,50+,51?,54-,55+,56+,57?,58?,59-,60+,61?,62-,63-,64-,65-,66?,67+/m0/s1. The average Bonchev–Trinajstić information content (AvgIpc) is 0.907. The minimum Gasteiger partial charge on any atom is -0.508 e. The molecule has 0 spiro atoms. The lowest BCUT2D eigenvalue weighted by Crippen LogP contribution is -2.63. The second-order valence-electron chi connectivity index (χ2n) is 32.8. The number of amides is 13. The molecule has 113 heavy (non-hydrogen) atoms. The van der Waals surface area contributed by atoms with E-state index >= 15 is 0 Å². The molecule has 17 atom stereocenters. The Balaban J connectivity index is 3.66. The Morgan fingerprint density at radius 1 is 0.327 bits per heavy atom. The Hall–Kier alpha value is -8.11. The molecule has 13 amide bonds. The zero-order valence-electron chi connectivity index (χ0n) is 70.7. The number of carbonyl (C=O) groups excluding carboxylic acids is 13. The number of unbranched alkanes of at least 4 members (excludes halogenated alkanes) is 2. The van der Waals surface area contributed by atoms with Gasteiger partial charge in [0.25, 0.3) is 0 Å². The molecule has 1 aromatic carbocycles. The fraction of sp³-hybridized carbons (Fsp3) is 0.762. The monoisotopic (exact) mass is 1600 g/mol. The molecule has 0 saturated carbocycles. The summed E-state index contributed by atoms with van der Waals surface area (Å²) in [4.78, 5) is 186. The Morgan fingerprint density at radius 2 is 0.619 bits per heavy atom. The highest BCUT2D eigenvalue weighted by molar-refractivity contribution is 6.00. The summed E-state index contributed by atoms with van der Waals surface area (Å²) in [5.74, 6) is -13.8. The van der Waals surface area contributed by atoms with Crippen LogP contribution in [0.15, 0.2) is 24.3 Å². The maximum atomic E-state index is 14.7. The molecule has 0 heterocycles. The molecule has 0 aliphatic heterocycles. The van der Waals surface area contributed by atoms with Crippen LogP contribution in [0.1, 0.15) is 221 Å². The number of aliphatic hydroxyl groups is 3. The van der Waals surface area contributed by atoms with Gasteiger partial charge in [-0.2, -0.15) is 0 Å². The number of phenolic OH excluding ortho intramolecular Hbond substituents is 1. The summed E-state index contributed by atoms with van der Waals surface area (Å²) in [6, 6.07) is -10.4. The Bertz CT molecular complexity index is 3140. The molecule has 23 N–H and O–H groups in total. The van der Waals surface area contributed by atoms with Gasteiger partial charge in [0, 0.05) is 6.42 Å². The summed E-state index contributed by atoms with van der Waals surface area (Å²) in [6.45, 7) is 32.9. The molecule has 0 bridgehead atoms. The first-order chi connectivity index (χ1) is 52.9. The molecular formula is C80H144N16O17. The van der Waals surface area contributed by atoms with Crippen LogP contribution in [0.5, 0.6) is 5.75 Å². The number of rotatable bonds is 55. The van der Waals surface area contributed by atoms with Gasteiger partial charge in [0.05, 0.1) is 18.8 Å². The van der Waals surface area contributed by atoms with Crippen molar-refractivity contribution in [3.05, 3.63) is 29.8 Å². The van der Waals surface area contributed by atoms with Gasteiger partial charge in [-0.25, -0.2) is 0 Å². The van der Waals surface area contributed by atoms with E-state index < -0.39 is 197 Å². The molecule has 646 valence electrons. The van der Waals surface area contributed by atoms with Crippen LogP contribution >= 0.6 is 0 Å². The normalized spacial score (nSPS) is 16.2. The molecule has 33 nitrogen and oxygen atoms in total. The molecule has 0 saturated heterocycles. The van der Waals surface area contributed by atoms with Crippen LogP contribution in [-0.2, 0) is 68.7 Å². The molecule has 0 aliphatic rings. The van der Waals surface area contributed by atoms with Crippen molar-refractivity contribution in [2.45, 2.75) is 312 Å². The van der Waals surface area contributed by atoms with Gasteiger partial charge >= 0.3 is 0 Å². The minimum absolute atomic E-state index is 0.0102. The third kappa shape index (κ3) is 37.4. The number of hydrogen-bond donors (Lipinski definition) is 20. The van der Waals surface area contributed by atoms with Gasteiger partial charge in [-0.05, 0) is 168 Å². The van der Waals surface area contributed by atoms with Crippen molar-refractivity contribution in [2.24, 2.45) is 70.5 Å². The van der Waals surface area contributed by atoms with Crippen LogP contribution < -0.4 is 86.3 Å².